The van der Waals surface area contributed by atoms with Crippen molar-refractivity contribution < 1.29 is 12.8 Å². The molecule has 0 amide bonds. The minimum atomic E-state index is -3.75. The highest BCUT2D eigenvalue weighted by atomic mass is 32.2. The highest BCUT2D eigenvalue weighted by Gasteiger charge is 2.31. The molecule has 5 nitrogen and oxygen atoms in total. The van der Waals surface area contributed by atoms with Crippen molar-refractivity contribution in [1.29, 1.82) is 0 Å². The first-order chi connectivity index (χ1) is 13.1. The summed E-state index contributed by atoms with van der Waals surface area (Å²) in [5.41, 5.74) is 0.992. The van der Waals surface area contributed by atoms with Crippen LogP contribution in [0.4, 0.5) is 5.88 Å². The van der Waals surface area contributed by atoms with Gasteiger partial charge < -0.3 is 9.32 Å². The number of hydrogen-bond acceptors (Lipinski definition) is 5. The zero-order valence-electron chi connectivity index (χ0n) is 14.8. The van der Waals surface area contributed by atoms with Gasteiger partial charge in [0.1, 0.15) is 0 Å². The SMILES string of the molecule is O=S(=O)(c1ccccc1)c1nc(C=Cc2ccccc2)oc1N1CCCC1. The molecule has 0 spiro atoms. The summed E-state index contributed by atoms with van der Waals surface area (Å²) in [6.07, 6.45) is 5.60. The fourth-order valence-electron chi connectivity index (χ4n) is 3.12. The van der Waals surface area contributed by atoms with Gasteiger partial charge in [0.15, 0.2) is 0 Å². The first-order valence-electron chi connectivity index (χ1n) is 8.94. The van der Waals surface area contributed by atoms with Crippen LogP contribution in [0.15, 0.2) is 75.0 Å². The second-order valence-corrected chi connectivity index (χ2v) is 8.28. The predicted octanol–water partition coefficient (Wildman–Crippen LogP) is 4.28. The van der Waals surface area contributed by atoms with Gasteiger partial charge in [0, 0.05) is 19.2 Å². The smallest absolute Gasteiger partial charge is 0.236 e. The zero-order chi connectivity index (χ0) is 18.7. The summed E-state index contributed by atoms with van der Waals surface area (Å²) in [5, 5.41) is -0.0108. The maximum Gasteiger partial charge on any atom is 0.236 e. The van der Waals surface area contributed by atoms with Crippen LogP contribution < -0.4 is 4.90 Å². The molecule has 0 radical (unpaired) electrons. The van der Waals surface area contributed by atoms with Crippen LogP contribution in [-0.2, 0) is 9.84 Å². The summed E-state index contributed by atoms with van der Waals surface area (Å²) in [6.45, 7) is 1.54. The first-order valence-corrected chi connectivity index (χ1v) is 10.4. The average molecular weight is 380 g/mol. The second kappa shape index (κ2) is 7.40. The van der Waals surface area contributed by atoms with Crippen molar-refractivity contribution in [3.05, 3.63) is 72.1 Å². The Morgan fingerprint density at radius 1 is 0.889 bits per heavy atom. The molecular weight excluding hydrogens is 360 g/mol. The molecule has 138 valence electrons. The van der Waals surface area contributed by atoms with E-state index in [9.17, 15) is 8.42 Å². The summed E-state index contributed by atoms with van der Waals surface area (Å²) in [5.74, 6) is 0.624. The normalized spacial score (nSPS) is 14.9. The Morgan fingerprint density at radius 3 is 2.19 bits per heavy atom. The lowest BCUT2D eigenvalue weighted by Crippen LogP contribution is -2.19. The van der Waals surface area contributed by atoms with E-state index < -0.39 is 9.84 Å². The number of nitrogens with zero attached hydrogens (tertiary/aromatic N) is 2. The molecule has 2 heterocycles. The van der Waals surface area contributed by atoms with Gasteiger partial charge in [-0.3, -0.25) is 0 Å². The van der Waals surface area contributed by atoms with E-state index in [0.29, 0.717) is 5.88 Å². The molecule has 27 heavy (non-hydrogen) atoms. The number of rotatable bonds is 5. The molecule has 0 aliphatic carbocycles. The van der Waals surface area contributed by atoms with E-state index in [1.165, 1.54) is 0 Å². The predicted molar refractivity (Wildman–Crippen MR) is 105 cm³/mol. The van der Waals surface area contributed by atoms with Crippen LogP contribution in [0.2, 0.25) is 0 Å². The molecule has 1 aliphatic rings. The molecule has 3 aromatic rings. The number of hydrogen-bond donors (Lipinski definition) is 0. The van der Waals surface area contributed by atoms with Crippen LogP contribution in [0.3, 0.4) is 0 Å². The van der Waals surface area contributed by atoms with Crippen LogP contribution >= 0.6 is 0 Å². The van der Waals surface area contributed by atoms with Crippen molar-refractivity contribution in [1.82, 2.24) is 4.98 Å². The second-order valence-electron chi connectivity index (χ2n) is 6.42. The molecule has 6 heteroatoms. The standard InChI is InChI=1S/C21H20N2O3S/c24-27(25,18-11-5-2-6-12-18)20-21(23-15-7-8-16-23)26-19(22-20)14-13-17-9-3-1-4-10-17/h1-6,9-14H,7-8,15-16H2. The Bertz CT molecular complexity index is 1040. The molecule has 1 aromatic heterocycles. The third kappa shape index (κ3) is 3.66. The molecule has 0 saturated carbocycles. The van der Waals surface area contributed by atoms with Gasteiger partial charge in [-0.15, -0.1) is 0 Å². The van der Waals surface area contributed by atoms with E-state index in [1.54, 1.807) is 36.4 Å². The van der Waals surface area contributed by atoms with E-state index in [1.807, 2.05) is 41.3 Å². The van der Waals surface area contributed by atoms with Crippen LogP contribution in [0.5, 0.6) is 0 Å². The Morgan fingerprint density at radius 2 is 1.52 bits per heavy atom. The number of aromatic nitrogens is 1. The van der Waals surface area contributed by atoms with Crippen LogP contribution in [0.25, 0.3) is 12.2 Å². The van der Waals surface area contributed by atoms with Crippen molar-refractivity contribution in [3.8, 4) is 0 Å². The molecule has 2 aromatic carbocycles. The Balaban J connectivity index is 1.76. The fourth-order valence-corrected chi connectivity index (χ4v) is 4.47. The first kappa shape index (κ1) is 17.5. The molecule has 0 N–H and O–H groups in total. The summed E-state index contributed by atoms with van der Waals surface area (Å²) in [4.78, 5) is 6.52. The van der Waals surface area contributed by atoms with Crippen molar-refractivity contribution in [2.75, 3.05) is 18.0 Å². The maximum absolute atomic E-state index is 13.1. The molecule has 0 unspecified atom stereocenters. The Kier molecular flexibility index (Phi) is 4.81. The monoisotopic (exact) mass is 380 g/mol. The minimum Gasteiger partial charge on any atom is -0.420 e. The lowest BCUT2D eigenvalue weighted by molar-refractivity contribution is 0.534. The number of oxazole rings is 1. The van der Waals surface area contributed by atoms with Crippen molar-refractivity contribution >= 4 is 27.9 Å². The molecule has 0 atom stereocenters. The van der Waals surface area contributed by atoms with Crippen LogP contribution in [0, 0.1) is 0 Å². The van der Waals surface area contributed by atoms with Crippen LogP contribution in [-0.4, -0.2) is 26.5 Å². The molecule has 1 saturated heterocycles. The number of sulfone groups is 1. The van der Waals surface area contributed by atoms with Gasteiger partial charge in [-0.1, -0.05) is 48.5 Å². The van der Waals surface area contributed by atoms with Gasteiger partial charge in [-0.2, -0.15) is 4.98 Å². The van der Waals surface area contributed by atoms with Crippen LogP contribution in [0.1, 0.15) is 24.3 Å². The molecule has 1 fully saturated rings. The quantitative estimate of drug-likeness (QED) is 0.661. The molecular formula is C21H20N2O3S. The minimum absolute atomic E-state index is 0.0108. The topological polar surface area (TPSA) is 63.4 Å². The van der Waals surface area contributed by atoms with Crippen molar-refractivity contribution in [2.24, 2.45) is 0 Å². The van der Waals surface area contributed by atoms with Gasteiger partial charge in [0.05, 0.1) is 4.90 Å². The average Bonchev–Trinajstić information content (AvgIpc) is 3.38. The summed E-state index contributed by atoms with van der Waals surface area (Å²) >= 11 is 0. The van der Waals surface area contributed by atoms with Crippen molar-refractivity contribution in [3.63, 3.8) is 0 Å². The summed E-state index contributed by atoms with van der Waals surface area (Å²) in [7, 11) is -3.75. The highest BCUT2D eigenvalue weighted by molar-refractivity contribution is 7.91. The van der Waals surface area contributed by atoms with E-state index in [-0.39, 0.29) is 15.8 Å². The maximum atomic E-state index is 13.1. The highest BCUT2D eigenvalue weighted by Crippen LogP contribution is 2.33. The van der Waals surface area contributed by atoms with Gasteiger partial charge in [-0.25, -0.2) is 8.42 Å². The summed E-state index contributed by atoms with van der Waals surface area (Å²) in [6, 6.07) is 18.1. The van der Waals surface area contributed by atoms with E-state index in [0.717, 1.165) is 31.5 Å². The summed E-state index contributed by atoms with van der Waals surface area (Å²) < 4.78 is 32.1. The Hall–Kier alpha value is -2.86. The van der Waals surface area contributed by atoms with Crippen molar-refractivity contribution in [2.45, 2.75) is 22.8 Å². The van der Waals surface area contributed by atoms with E-state index in [2.05, 4.69) is 4.98 Å². The van der Waals surface area contributed by atoms with E-state index in [4.69, 9.17) is 4.42 Å². The molecule has 1 aliphatic heterocycles. The Labute approximate surface area is 158 Å². The third-order valence-corrected chi connectivity index (χ3v) is 6.18. The lowest BCUT2D eigenvalue weighted by atomic mass is 10.2. The number of benzene rings is 2. The zero-order valence-corrected chi connectivity index (χ0v) is 15.6. The largest absolute Gasteiger partial charge is 0.420 e. The third-order valence-electron chi connectivity index (χ3n) is 4.52. The molecule has 0 bridgehead atoms. The fraction of sp³-hybridized carbons (Fsp3) is 0.190. The number of anilines is 1. The van der Waals surface area contributed by atoms with Gasteiger partial charge >= 0.3 is 0 Å². The molecule has 4 rings (SSSR count). The van der Waals surface area contributed by atoms with E-state index >= 15 is 0 Å². The van der Waals surface area contributed by atoms with Gasteiger partial charge in [0.25, 0.3) is 0 Å². The lowest BCUT2D eigenvalue weighted by Gasteiger charge is -2.14. The van der Waals surface area contributed by atoms with Gasteiger partial charge in [0.2, 0.25) is 26.6 Å². The van der Waals surface area contributed by atoms with Gasteiger partial charge in [-0.05, 0) is 36.6 Å².